The highest BCUT2D eigenvalue weighted by Gasteiger charge is 2.32. The minimum Gasteiger partial charge on any atom is -0.351 e. The summed E-state index contributed by atoms with van der Waals surface area (Å²) in [6.45, 7) is 9.48. The lowest BCUT2D eigenvalue weighted by atomic mass is 9.70. The summed E-state index contributed by atoms with van der Waals surface area (Å²) in [5.41, 5.74) is 2.14. The molecule has 1 aromatic heterocycles. The second-order valence-corrected chi connectivity index (χ2v) is 6.62. The maximum atomic E-state index is 12.5. The van der Waals surface area contributed by atoms with Gasteiger partial charge in [0.15, 0.2) is 0 Å². The Balaban J connectivity index is 2.09. The van der Waals surface area contributed by atoms with Crippen molar-refractivity contribution in [3.8, 4) is 0 Å². The van der Waals surface area contributed by atoms with Crippen LogP contribution in [0.2, 0.25) is 0 Å². The highest BCUT2D eigenvalue weighted by molar-refractivity contribution is 5.95. The number of nitrogens with zero attached hydrogens (tertiary/aromatic N) is 2. The minimum absolute atomic E-state index is 0.0391. The smallest absolute Gasteiger partial charge is 0.254 e. The summed E-state index contributed by atoms with van der Waals surface area (Å²) >= 11 is 0. The molecule has 4 heteroatoms. The van der Waals surface area contributed by atoms with Gasteiger partial charge in [-0.25, -0.2) is 0 Å². The number of aromatic nitrogens is 2. The summed E-state index contributed by atoms with van der Waals surface area (Å²) in [6.07, 6.45) is 8.42. The lowest BCUT2D eigenvalue weighted by molar-refractivity contribution is 0.0889. The Morgan fingerprint density at radius 2 is 2.05 bits per heavy atom. The first-order chi connectivity index (χ1) is 10.0. The van der Waals surface area contributed by atoms with Crippen LogP contribution in [0.25, 0.3) is 0 Å². The van der Waals surface area contributed by atoms with Crippen molar-refractivity contribution < 1.29 is 4.79 Å². The molecular formula is C17H29N3O. The molecule has 2 rings (SSSR count). The molecule has 1 heterocycles. The number of carbonyl (C=O) groups excluding carboxylic acids is 1. The van der Waals surface area contributed by atoms with E-state index in [1.54, 1.807) is 6.20 Å². The van der Waals surface area contributed by atoms with E-state index < -0.39 is 0 Å². The normalized spacial score (nSPS) is 16.8. The van der Waals surface area contributed by atoms with Gasteiger partial charge in [-0.05, 0) is 37.5 Å². The maximum Gasteiger partial charge on any atom is 0.254 e. The van der Waals surface area contributed by atoms with Crippen LogP contribution in [0.3, 0.4) is 0 Å². The van der Waals surface area contributed by atoms with Crippen molar-refractivity contribution >= 4 is 5.91 Å². The number of hydrogen-bond acceptors (Lipinski definition) is 2. The van der Waals surface area contributed by atoms with Gasteiger partial charge in [-0.3, -0.25) is 9.48 Å². The van der Waals surface area contributed by atoms with Gasteiger partial charge in [0.2, 0.25) is 0 Å². The van der Waals surface area contributed by atoms with E-state index in [1.807, 2.05) is 0 Å². The fraction of sp³-hybridized carbons (Fsp3) is 0.765. The third-order valence-electron chi connectivity index (χ3n) is 5.00. The Kier molecular flexibility index (Phi) is 5.07. The second kappa shape index (κ2) is 6.63. The first kappa shape index (κ1) is 16.1. The van der Waals surface area contributed by atoms with Crippen LogP contribution in [-0.2, 0) is 6.42 Å². The van der Waals surface area contributed by atoms with Crippen LogP contribution in [0.5, 0.6) is 0 Å². The van der Waals surface area contributed by atoms with Gasteiger partial charge in [-0.15, -0.1) is 0 Å². The topological polar surface area (TPSA) is 46.9 Å². The molecule has 4 nitrogen and oxygen atoms in total. The molecule has 21 heavy (non-hydrogen) atoms. The summed E-state index contributed by atoms with van der Waals surface area (Å²) in [4.78, 5) is 12.5. The summed E-state index contributed by atoms with van der Waals surface area (Å²) in [7, 11) is 0. The van der Waals surface area contributed by atoms with Crippen LogP contribution in [0.15, 0.2) is 6.20 Å². The summed E-state index contributed by atoms with van der Waals surface area (Å²) in [5.74, 6) is 0.0391. The van der Waals surface area contributed by atoms with Crippen molar-refractivity contribution in [1.29, 1.82) is 0 Å². The lowest BCUT2D eigenvalue weighted by Gasteiger charge is -2.38. The quantitative estimate of drug-likeness (QED) is 0.832. The maximum absolute atomic E-state index is 12.5. The Labute approximate surface area is 128 Å². The molecule has 0 aliphatic heterocycles. The molecule has 0 radical (unpaired) electrons. The Morgan fingerprint density at radius 3 is 2.52 bits per heavy atom. The molecule has 1 aliphatic rings. The lowest BCUT2D eigenvalue weighted by Crippen LogP contribution is -2.40. The Morgan fingerprint density at radius 1 is 1.38 bits per heavy atom. The molecule has 0 spiro atoms. The molecule has 0 saturated heterocycles. The van der Waals surface area contributed by atoms with E-state index in [2.05, 4.69) is 42.8 Å². The van der Waals surface area contributed by atoms with Crippen molar-refractivity contribution in [1.82, 2.24) is 15.1 Å². The van der Waals surface area contributed by atoms with Gasteiger partial charge in [0.1, 0.15) is 0 Å². The zero-order valence-electron chi connectivity index (χ0n) is 13.9. The van der Waals surface area contributed by atoms with Gasteiger partial charge in [0.05, 0.1) is 23.5 Å². The van der Waals surface area contributed by atoms with Crippen molar-refractivity contribution in [3.63, 3.8) is 0 Å². The number of carbonyl (C=O) groups is 1. The zero-order chi connectivity index (χ0) is 15.5. The van der Waals surface area contributed by atoms with Crippen LogP contribution >= 0.6 is 0 Å². The van der Waals surface area contributed by atoms with Gasteiger partial charge >= 0.3 is 0 Å². The average molecular weight is 291 g/mol. The third kappa shape index (κ3) is 3.30. The predicted molar refractivity (Wildman–Crippen MR) is 85.5 cm³/mol. The van der Waals surface area contributed by atoms with E-state index in [-0.39, 0.29) is 5.91 Å². The van der Waals surface area contributed by atoms with Crippen LogP contribution in [0.4, 0.5) is 0 Å². The number of nitrogens with one attached hydrogen (secondary N) is 1. The van der Waals surface area contributed by atoms with E-state index in [0.717, 1.165) is 37.1 Å². The fourth-order valence-corrected chi connectivity index (χ4v) is 3.22. The molecule has 1 aromatic rings. The first-order valence-corrected chi connectivity index (χ1v) is 8.39. The predicted octanol–water partition coefficient (Wildman–Crippen LogP) is 3.73. The molecular weight excluding hydrogens is 262 g/mol. The molecule has 1 saturated carbocycles. The first-order valence-electron chi connectivity index (χ1n) is 8.39. The van der Waals surface area contributed by atoms with Gasteiger partial charge in [-0.1, -0.05) is 34.1 Å². The minimum atomic E-state index is 0.0391. The zero-order valence-corrected chi connectivity index (χ0v) is 13.9. The third-order valence-corrected chi connectivity index (χ3v) is 5.00. The van der Waals surface area contributed by atoms with Crippen molar-refractivity contribution in [2.45, 2.75) is 72.3 Å². The van der Waals surface area contributed by atoms with Crippen LogP contribution < -0.4 is 5.32 Å². The molecule has 1 aliphatic carbocycles. The van der Waals surface area contributed by atoms with Gasteiger partial charge in [0.25, 0.3) is 5.91 Å². The Hall–Kier alpha value is -1.32. The van der Waals surface area contributed by atoms with Gasteiger partial charge < -0.3 is 5.32 Å². The molecule has 0 atom stereocenters. The SMILES string of the molecule is CCc1c(C(=O)NCC2(C)CCC2)cnn1C(CC)CC. The molecule has 1 amide bonds. The van der Waals surface area contributed by atoms with Gasteiger partial charge in [0, 0.05) is 6.54 Å². The molecule has 1 fully saturated rings. The second-order valence-electron chi connectivity index (χ2n) is 6.62. The van der Waals surface area contributed by atoms with E-state index in [0.29, 0.717) is 11.5 Å². The molecule has 1 N–H and O–H groups in total. The average Bonchev–Trinajstić information content (AvgIpc) is 2.88. The molecule has 0 unspecified atom stereocenters. The number of rotatable bonds is 7. The van der Waals surface area contributed by atoms with Crippen LogP contribution in [0, 0.1) is 5.41 Å². The molecule has 118 valence electrons. The molecule has 0 bridgehead atoms. The highest BCUT2D eigenvalue weighted by Crippen LogP contribution is 2.39. The van der Waals surface area contributed by atoms with E-state index in [4.69, 9.17) is 0 Å². The van der Waals surface area contributed by atoms with Crippen molar-refractivity contribution in [2.24, 2.45) is 5.41 Å². The van der Waals surface area contributed by atoms with E-state index in [1.165, 1.54) is 19.3 Å². The number of hydrogen-bond donors (Lipinski definition) is 1. The highest BCUT2D eigenvalue weighted by atomic mass is 16.1. The Bertz CT molecular complexity index is 484. The van der Waals surface area contributed by atoms with E-state index in [9.17, 15) is 4.79 Å². The largest absolute Gasteiger partial charge is 0.351 e. The van der Waals surface area contributed by atoms with Crippen LogP contribution in [-0.4, -0.2) is 22.2 Å². The number of amides is 1. The summed E-state index contributed by atoms with van der Waals surface area (Å²) < 4.78 is 2.06. The standard InChI is InChI=1S/C17H29N3O/c1-5-13(6-2)20-15(7-3)14(11-19-20)16(21)18-12-17(4)9-8-10-17/h11,13H,5-10,12H2,1-4H3,(H,18,21). The summed E-state index contributed by atoms with van der Waals surface area (Å²) in [5, 5.41) is 7.60. The van der Waals surface area contributed by atoms with Crippen molar-refractivity contribution in [3.05, 3.63) is 17.5 Å². The van der Waals surface area contributed by atoms with E-state index >= 15 is 0 Å². The van der Waals surface area contributed by atoms with Crippen LogP contribution in [0.1, 0.15) is 81.9 Å². The molecule has 0 aromatic carbocycles. The van der Waals surface area contributed by atoms with Crippen molar-refractivity contribution in [2.75, 3.05) is 6.54 Å². The fourth-order valence-electron chi connectivity index (χ4n) is 3.22. The summed E-state index contributed by atoms with van der Waals surface area (Å²) in [6, 6.07) is 0.394. The monoisotopic (exact) mass is 291 g/mol. The van der Waals surface area contributed by atoms with Gasteiger partial charge in [-0.2, -0.15) is 5.10 Å².